The van der Waals surface area contributed by atoms with Crippen molar-refractivity contribution in [3.05, 3.63) is 51.9 Å². The number of halogens is 1. The van der Waals surface area contributed by atoms with Crippen molar-refractivity contribution in [3.63, 3.8) is 0 Å². The van der Waals surface area contributed by atoms with Gasteiger partial charge in [0.15, 0.2) is 0 Å². The van der Waals surface area contributed by atoms with Crippen molar-refractivity contribution >= 4 is 28.9 Å². The molecule has 7 nitrogen and oxygen atoms in total. The Hall–Kier alpha value is -2.45. The Kier molecular flexibility index (Phi) is 5.39. The maximum atomic E-state index is 12.1. The molecule has 0 amide bonds. The predicted molar refractivity (Wildman–Crippen MR) is 88.9 cm³/mol. The molecule has 0 aliphatic rings. The normalized spacial score (nSPS) is 10.5. The van der Waals surface area contributed by atoms with Gasteiger partial charge in [0.25, 0.3) is 0 Å². The van der Waals surface area contributed by atoms with Crippen molar-refractivity contribution in [2.24, 2.45) is 0 Å². The maximum absolute atomic E-state index is 12.1. The van der Waals surface area contributed by atoms with E-state index in [2.05, 4.69) is 15.5 Å². The number of hydrogen-bond acceptors (Lipinski definition) is 7. The molecule has 0 N–H and O–H groups in total. The lowest BCUT2D eigenvalue weighted by molar-refractivity contribution is 0.0491. The van der Waals surface area contributed by atoms with Crippen molar-refractivity contribution < 1.29 is 14.3 Å². The Morgan fingerprint density at radius 2 is 2.04 bits per heavy atom. The lowest BCUT2D eigenvalue weighted by atomic mass is 10.3. The highest BCUT2D eigenvalue weighted by Gasteiger charge is 2.16. The van der Waals surface area contributed by atoms with E-state index in [9.17, 15) is 4.79 Å². The van der Waals surface area contributed by atoms with Crippen LogP contribution in [0.15, 0.2) is 42.0 Å². The van der Waals surface area contributed by atoms with Crippen LogP contribution < -0.4 is 4.74 Å². The molecule has 3 aromatic rings. The van der Waals surface area contributed by atoms with Crippen LogP contribution in [-0.4, -0.2) is 39.4 Å². The minimum absolute atomic E-state index is 0.263. The number of rotatable bonds is 7. The van der Waals surface area contributed by atoms with Crippen LogP contribution in [0.5, 0.6) is 5.75 Å². The largest absolute Gasteiger partial charge is 0.493 e. The van der Waals surface area contributed by atoms with E-state index < -0.39 is 5.97 Å². The number of tetrazole rings is 1. The first kappa shape index (κ1) is 16.4. The first-order valence-electron chi connectivity index (χ1n) is 7.10. The van der Waals surface area contributed by atoms with Crippen LogP contribution >= 0.6 is 22.9 Å². The average Bonchev–Trinajstić information content (AvgIpc) is 3.27. The third-order valence-electron chi connectivity index (χ3n) is 3.03. The van der Waals surface area contributed by atoms with Crippen molar-refractivity contribution in [2.45, 2.75) is 6.42 Å². The van der Waals surface area contributed by atoms with Crippen molar-refractivity contribution in [2.75, 3.05) is 13.2 Å². The van der Waals surface area contributed by atoms with Gasteiger partial charge >= 0.3 is 5.97 Å². The zero-order chi connectivity index (χ0) is 16.8. The summed E-state index contributed by atoms with van der Waals surface area (Å²) in [7, 11) is 0. The fourth-order valence-corrected chi connectivity index (χ4v) is 2.81. The van der Waals surface area contributed by atoms with Gasteiger partial charge in [-0.05, 0) is 46.1 Å². The Morgan fingerprint density at radius 3 is 2.79 bits per heavy atom. The van der Waals surface area contributed by atoms with Crippen LogP contribution in [0, 0.1) is 0 Å². The monoisotopic (exact) mass is 364 g/mol. The zero-order valence-corrected chi connectivity index (χ0v) is 14.0. The van der Waals surface area contributed by atoms with E-state index in [0.29, 0.717) is 28.6 Å². The Bertz CT molecular complexity index is 789. The number of aromatic nitrogens is 4. The molecule has 0 spiro atoms. The molecule has 0 atom stereocenters. The van der Waals surface area contributed by atoms with Crippen LogP contribution in [0.3, 0.4) is 0 Å². The van der Waals surface area contributed by atoms with E-state index in [1.165, 1.54) is 22.3 Å². The third kappa shape index (κ3) is 4.09. The Balaban J connectivity index is 1.45. The van der Waals surface area contributed by atoms with Gasteiger partial charge in [-0.25, -0.2) is 4.79 Å². The summed E-state index contributed by atoms with van der Waals surface area (Å²) in [6.07, 6.45) is 2.01. The van der Waals surface area contributed by atoms with Crippen molar-refractivity contribution in [1.82, 2.24) is 20.2 Å². The summed E-state index contributed by atoms with van der Waals surface area (Å²) in [6.45, 7) is 0.707. The second kappa shape index (κ2) is 7.89. The zero-order valence-electron chi connectivity index (χ0n) is 12.5. The van der Waals surface area contributed by atoms with Gasteiger partial charge in [-0.3, -0.25) is 0 Å². The van der Waals surface area contributed by atoms with E-state index in [1.54, 1.807) is 35.7 Å². The van der Waals surface area contributed by atoms with Crippen molar-refractivity contribution in [1.29, 1.82) is 0 Å². The molecule has 0 radical (unpaired) electrons. The lowest BCUT2D eigenvalue weighted by Gasteiger charge is -2.07. The molecule has 124 valence electrons. The summed E-state index contributed by atoms with van der Waals surface area (Å²) in [5.41, 5.74) is 0.604. The fraction of sp³-hybridized carbons (Fsp3) is 0.200. The Labute approximate surface area is 146 Å². The second-order valence-electron chi connectivity index (χ2n) is 4.68. The van der Waals surface area contributed by atoms with Gasteiger partial charge in [-0.1, -0.05) is 11.6 Å². The number of carbonyl (C=O) groups excluding carboxylic acids is 1. The molecule has 3 rings (SSSR count). The van der Waals surface area contributed by atoms with E-state index >= 15 is 0 Å². The third-order valence-corrected chi connectivity index (χ3v) is 4.17. The quantitative estimate of drug-likeness (QED) is 0.473. The molecule has 24 heavy (non-hydrogen) atoms. The number of carbonyl (C=O) groups is 1. The van der Waals surface area contributed by atoms with Crippen LogP contribution in [0.4, 0.5) is 0 Å². The second-order valence-corrected chi connectivity index (χ2v) is 6.03. The van der Waals surface area contributed by atoms with Crippen LogP contribution in [0.25, 0.3) is 5.69 Å². The molecule has 0 saturated carbocycles. The number of thiophene rings is 1. The topological polar surface area (TPSA) is 79.1 Å². The molecule has 2 aromatic heterocycles. The standard InChI is InChI=1S/C15H13ClN4O3S/c16-11-2-4-12(5-3-11)22-7-1-8-23-15(21)14-13(6-9-24-14)20-10-17-18-19-20/h2-6,9-10H,1,7-8H2. The number of ether oxygens (including phenoxy) is 2. The van der Waals surface area contributed by atoms with E-state index in [-0.39, 0.29) is 6.61 Å². The molecule has 2 heterocycles. The van der Waals surface area contributed by atoms with Gasteiger partial charge < -0.3 is 9.47 Å². The maximum Gasteiger partial charge on any atom is 0.350 e. The van der Waals surface area contributed by atoms with Crippen LogP contribution in [-0.2, 0) is 4.74 Å². The summed E-state index contributed by atoms with van der Waals surface area (Å²) in [4.78, 5) is 12.6. The highest BCUT2D eigenvalue weighted by Crippen LogP contribution is 2.21. The molecule has 0 unspecified atom stereocenters. The van der Waals surface area contributed by atoms with Gasteiger partial charge in [0.2, 0.25) is 0 Å². The summed E-state index contributed by atoms with van der Waals surface area (Å²) >= 11 is 7.09. The van der Waals surface area contributed by atoms with Gasteiger partial charge in [-0.2, -0.15) is 4.68 Å². The highest BCUT2D eigenvalue weighted by molar-refractivity contribution is 7.12. The molecule has 0 saturated heterocycles. The van der Waals surface area contributed by atoms with Crippen LogP contribution in [0.1, 0.15) is 16.1 Å². The number of nitrogens with zero attached hydrogens (tertiary/aromatic N) is 4. The number of esters is 1. The number of benzene rings is 1. The minimum atomic E-state index is -0.401. The predicted octanol–water partition coefficient (Wildman–Crippen LogP) is 3.00. The summed E-state index contributed by atoms with van der Waals surface area (Å²) in [5, 5.41) is 13.3. The lowest BCUT2D eigenvalue weighted by Crippen LogP contribution is -2.10. The molecule has 1 aromatic carbocycles. The Morgan fingerprint density at radius 1 is 1.21 bits per heavy atom. The first-order chi connectivity index (χ1) is 11.7. The highest BCUT2D eigenvalue weighted by atomic mass is 35.5. The molecule has 9 heteroatoms. The molecule has 0 aliphatic heterocycles. The van der Waals surface area contributed by atoms with Gasteiger partial charge in [0.05, 0.1) is 18.9 Å². The van der Waals surface area contributed by atoms with Gasteiger partial charge in [0.1, 0.15) is 17.0 Å². The number of hydrogen-bond donors (Lipinski definition) is 0. The van der Waals surface area contributed by atoms with E-state index in [0.717, 1.165) is 5.75 Å². The smallest absolute Gasteiger partial charge is 0.350 e. The SMILES string of the molecule is O=C(OCCCOc1ccc(Cl)cc1)c1sccc1-n1cnnn1. The summed E-state index contributed by atoms with van der Waals surface area (Å²) < 4.78 is 12.2. The fourth-order valence-electron chi connectivity index (χ4n) is 1.92. The molecule has 0 bridgehead atoms. The van der Waals surface area contributed by atoms with E-state index in [1.807, 2.05) is 0 Å². The summed E-state index contributed by atoms with van der Waals surface area (Å²) in [5.74, 6) is 0.326. The minimum Gasteiger partial charge on any atom is -0.493 e. The van der Waals surface area contributed by atoms with E-state index in [4.69, 9.17) is 21.1 Å². The van der Waals surface area contributed by atoms with Gasteiger partial charge in [0, 0.05) is 11.4 Å². The van der Waals surface area contributed by atoms with Gasteiger partial charge in [-0.15, -0.1) is 16.4 Å². The molecule has 0 aliphatic carbocycles. The van der Waals surface area contributed by atoms with Crippen LogP contribution in [0.2, 0.25) is 5.02 Å². The first-order valence-corrected chi connectivity index (χ1v) is 8.36. The molecule has 0 fully saturated rings. The molecular weight excluding hydrogens is 352 g/mol. The average molecular weight is 365 g/mol. The molecular formula is C15H13ClN4O3S. The summed E-state index contributed by atoms with van der Waals surface area (Å²) in [6, 6.07) is 8.86. The van der Waals surface area contributed by atoms with Crippen molar-refractivity contribution in [3.8, 4) is 11.4 Å².